The van der Waals surface area contributed by atoms with E-state index in [1.165, 1.54) is 0 Å². The van der Waals surface area contributed by atoms with Gasteiger partial charge in [-0.2, -0.15) is 0 Å². The summed E-state index contributed by atoms with van der Waals surface area (Å²) in [6, 6.07) is 3.80. The molecule has 7 heteroatoms. The van der Waals surface area contributed by atoms with E-state index in [1.54, 1.807) is 6.92 Å². The van der Waals surface area contributed by atoms with Crippen molar-refractivity contribution in [1.29, 1.82) is 0 Å². The molecule has 0 radical (unpaired) electrons. The number of aliphatic hydroxyl groups excluding tert-OH is 1. The van der Waals surface area contributed by atoms with E-state index in [1.807, 2.05) is 0 Å². The molecule has 0 heterocycles. The van der Waals surface area contributed by atoms with Crippen LogP contribution in [-0.2, 0) is 10.0 Å². The SMILES string of the molecule is CC[C@@H](CO)NS(=O)(=O)c1ccc(C(F)F)cc1. The highest BCUT2D eigenvalue weighted by atomic mass is 32.2. The van der Waals surface area contributed by atoms with Crippen LogP contribution in [0.25, 0.3) is 0 Å². The number of aliphatic hydroxyl groups is 1. The maximum absolute atomic E-state index is 12.3. The van der Waals surface area contributed by atoms with Gasteiger partial charge in [-0.1, -0.05) is 19.1 Å². The van der Waals surface area contributed by atoms with E-state index in [-0.39, 0.29) is 17.1 Å². The molecule has 1 atom stereocenters. The molecule has 0 aliphatic heterocycles. The molecule has 2 N–H and O–H groups in total. The van der Waals surface area contributed by atoms with Crippen LogP contribution in [0, 0.1) is 0 Å². The molecule has 0 aromatic heterocycles. The fourth-order valence-corrected chi connectivity index (χ4v) is 2.64. The molecule has 102 valence electrons. The lowest BCUT2D eigenvalue weighted by Crippen LogP contribution is -2.36. The Labute approximate surface area is 105 Å². The minimum atomic E-state index is -3.78. The molecule has 1 aromatic carbocycles. The summed E-state index contributed by atoms with van der Waals surface area (Å²) >= 11 is 0. The van der Waals surface area contributed by atoms with Gasteiger partial charge >= 0.3 is 0 Å². The second kappa shape index (κ2) is 6.21. The Balaban J connectivity index is 2.91. The van der Waals surface area contributed by atoms with E-state index >= 15 is 0 Å². The molecule has 0 saturated carbocycles. The first-order chi connectivity index (χ1) is 8.40. The Bertz CT molecular complexity index is 470. The summed E-state index contributed by atoms with van der Waals surface area (Å²) in [6.07, 6.45) is -2.19. The van der Waals surface area contributed by atoms with Crippen molar-refractivity contribution in [3.8, 4) is 0 Å². The van der Waals surface area contributed by atoms with Crippen molar-refractivity contribution >= 4 is 10.0 Å². The van der Waals surface area contributed by atoms with Crippen LogP contribution in [0.2, 0.25) is 0 Å². The molecule has 0 unspecified atom stereocenters. The van der Waals surface area contributed by atoms with Crippen molar-refractivity contribution in [2.45, 2.75) is 30.7 Å². The summed E-state index contributed by atoms with van der Waals surface area (Å²) in [6.45, 7) is 1.41. The summed E-state index contributed by atoms with van der Waals surface area (Å²) in [4.78, 5) is -0.0983. The fraction of sp³-hybridized carbons (Fsp3) is 0.455. The lowest BCUT2D eigenvalue weighted by atomic mass is 10.2. The van der Waals surface area contributed by atoms with Gasteiger partial charge in [-0.25, -0.2) is 21.9 Å². The third kappa shape index (κ3) is 3.72. The van der Waals surface area contributed by atoms with Gasteiger partial charge < -0.3 is 5.11 Å². The molecule has 1 rings (SSSR count). The zero-order valence-electron chi connectivity index (χ0n) is 9.81. The highest BCUT2D eigenvalue weighted by Crippen LogP contribution is 2.20. The standard InChI is InChI=1S/C11H15F2NO3S/c1-2-9(7-15)14-18(16,17)10-5-3-8(4-6-10)11(12)13/h3-6,9,11,14-15H,2,7H2,1H3/t9-/m0/s1. The molecule has 0 aliphatic rings. The van der Waals surface area contributed by atoms with Crippen molar-refractivity contribution in [1.82, 2.24) is 4.72 Å². The zero-order chi connectivity index (χ0) is 13.8. The average Bonchev–Trinajstić information content (AvgIpc) is 2.36. The van der Waals surface area contributed by atoms with Crippen LogP contribution in [-0.4, -0.2) is 26.2 Å². The van der Waals surface area contributed by atoms with E-state index in [9.17, 15) is 17.2 Å². The average molecular weight is 279 g/mol. The number of benzene rings is 1. The Morgan fingerprint density at radius 3 is 2.22 bits per heavy atom. The normalized spacial score (nSPS) is 13.8. The summed E-state index contributed by atoms with van der Waals surface area (Å²) < 4.78 is 50.6. The van der Waals surface area contributed by atoms with E-state index < -0.39 is 22.5 Å². The van der Waals surface area contributed by atoms with Gasteiger partial charge in [0.1, 0.15) is 0 Å². The molecule has 0 fully saturated rings. The highest BCUT2D eigenvalue weighted by Gasteiger charge is 2.19. The highest BCUT2D eigenvalue weighted by molar-refractivity contribution is 7.89. The fourth-order valence-electron chi connectivity index (χ4n) is 1.33. The molecule has 0 aliphatic carbocycles. The lowest BCUT2D eigenvalue weighted by molar-refractivity contribution is 0.151. The minimum Gasteiger partial charge on any atom is -0.395 e. The predicted molar refractivity (Wildman–Crippen MR) is 62.9 cm³/mol. The third-order valence-electron chi connectivity index (χ3n) is 2.48. The first-order valence-corrected chi connectivity index (χ1v) is 6.90. The van der Waals surface area contributed by atoms with Crippen molar-refractivity contribution in [2.24, 2.45) is 0 Å². The number of sulfonamides is 1. The topological polar surface area (TPSA) is 66.4 Å². The maximum atomic E-state index is 12.3. The van der Waals surface area contributed by atoms with Gasteiger partial charge in [0.05, 0.1) is 11.5 Å². The predicted octanol–water partition coefficient (Wildman–Crippen LogP) is 1.67. The van der Waals surface area contributed by atoms with E-state index in [2.05, 4.69) is 4.72 Å². The van der Waals surface area contributed by atoms with E-state index in [4.69, 9.17) is 5.11 Å². The largest absolute Gasteiger partial charge is 0.395 e. The molecule has 0 saturated heterocycles. The number of hydrogen-bond donors (Lipinski definition) is 2. The smallest absolute Gasteiger partial charge is 0.263 e. The van der Waals surface area contributed by atoms with E-state index in [0.29, 0.717) is 6.42 Å². The number of rotatable bonds is 6. The van der Waals surface area contributed by atoms with Crippen LogP contribution >= 0.6 is 0 Å². The van der Waals surface area contributed by atoms with Gasteiger partial charge in [-0.05, 0) is 18.6 Å². The monoisotopic (exact) mass is 279 g/mol. The molecule has 0 bridgehead atoms. The van der Waals surface area contributed by atoms with Crippen LogP contribution in [0.1, 0.15) is 25.3 Å². The Morgan fingerprint density at radius 1 is 1.28 bits per heavy atom. The molecular weight excluding hydrogens is 264 g/mol. The van der Waals surface area contributed by atoms with Gasteiger partial charge in [0, 0.05) is 11.6 Å². The lowest BCUT2D eigenvalue weighted by Gasteiger charge is -2.14. The maximum Gasteiger partial charge on any atom is 0.263 e. The summed E-state index contributed by atoms with van der Waals surface area (Å²) in [5.74, 6) is 0. The Hall–Kier alpha value is -1.05. The Kier molecular flexibility index (Phi) is 5.18. The van der Waals surface area contributed by atoms with Gasteiger partial charge in [-0.15, -0.1) is 0 Å². The molecule has 4 nitrogen and oxygen atoms in total. The van der Waals surface area contributed by atoms with Gasteiger partial charge in [0.2, 0.25) is 10.0 Å². The van der Waals surface area contributed by atoms with Gasteiger partial charge in [-0.3, -0.25) is 0 Å². The van der Waals surface area contributed by atoms with Gasteiger partial charge in [0.15, 0.2) is 0 Å². The minimum absolute atomic E-state index is 0.0983. The second-order valence-corrected chi connectivity index (χ2v) is 5.49. The molecular formula is C11H15F2NO3S. The molecule has 0 spiro atoms. The molecule has 18 heavy (non-hydrogen) atoms. The number of alkyl halides is 2. The van der Waals surface area contributed by atoms with Crippen molar-refractivity contribution in [2.75, 3.05) is 6.61 Å². The third-order valence-corrected chi connectivity index (χ3v) is 4.01. The van der Waals surface area contributed by atoms with Gasteiger partial charge in [0.25, 0.3) is 6.43 Å². The van der Waals surface area contributed by atoms with Crippen LogP contribution in [0.15, 0.2) is 29.2 Å². The Morgan fingerprint density at radius 2 is 1.83 bits per heavy atom. The number of hydrogen-bond acceptors (Lipinski definition) is 3. The van der Waals surface area contributed by atoms with Crippen molar-refractivity contribution < 1.29 is 22.3 Å². The van der Waals surface area contributed by atoms with Crippen LogP contribution in [0.3, 0.4) is 0 Å². The summed E-state index contributed by atoms with van der Waals surface area (Å²) in [5, 5.41) is 8.93. The van der Waals surface area contributed by atoms with E-state index in [0.717, 1.165) is 24.3 Å². The number of nitrogens with one attached hydrogen (secondary N) is 1. The first kappa shape index (κ1) is 15.0. The molecule has 1 aromatic rings. The second-order valence-electron chi connectivity index (χ2n) is 3.78. The van der Waals surface area contributed by atoms with Crippen LogP contribution in [0.4, 0.5) is 8.78 Å². The van der Waals surface area contributed by atoms with Crippen LogP contribution in [0.5, 0.6) is 0 Å². The van der Waals surface area contributed by atoms with Crippen molar-refractivity contribution in [3.05, 3.63) is 29.8 Å². The first-order valence-electron chi connectivity index (χ1n) is 5.42. The number of halogens is 2. The quantitative estimate of drug-likeness (QED) is 0.832. The zero-order valence-corrected chi connectivity index (χ0v) is 10.6. The van der Waals surface area contributed by atoms with Crippen molar-refractivity contribution in [3.63, 3.8) is 0 Å². The molecule has 0 amide bonds. The van der Waals surface area contributed by atoms with Crippen LogP contribution < -0.4 is 4.72 Å². The summed E-state index contributed by atoms with van der Waals surface area (Å²) in [7, 11) is -3.78. The summed E-state index contributed by atoms with van der Waals surface area (Å²) in [5.41, 5.74) is -0.233.